The van der Waals surface area contributed by atoms with Gasteiger partial charge in [-0.15, -0.1) is 12.3 Å². The third kappa shape index (κ3) is 3.14. The third-order valence-corrected chi connectivity index (χ3v) is 2.20. The molecule has 15 heavy (non-hydrogen) atoms. The van der Waals surface area contributed by atoms with Gasteiger partial charge in [0, 0.05) is 18.5 Å². The molecule has 0 unspecified atom stereocenters. The van der Waals surface area contributed by atoms with E-state index in [0.717, 1.165) is 17.5 Å². The lowest BCUT2D eigenvalue weighted by Gasteiger charge is -2.07. The lowest BCUT2D eigenvalue weighted by molar-refractivity contribution is 0.0953. The molecule has 0 aromatic heterocycles. The molecule has 1 rings (SSSR count). The van der Waals surface area contributed by atoms with Crippen molar-refractivity contribution in [2.45, 2.75) is 19.8 Å². The van der Waals surface area contributed by atoms with Crippen LogP contribution in [0.4, 0.5) is 0 Å². The Kier molecular flexibility index (Phi) is 4.43. The van der Waals surface area contributed by atoms with Gasteiger partial charge in [-0.25, -0.2) is 0 Å². The highest BCUT2D eigenvalue weighted by Gasteiger charge is 2.07. The summed E-state index contributed by atoms with van der Waals surface area (Å²) in [5.41, 5.74) is 1.81. The highest BCUT2D eigenvalue weighted by atomic mass is 16.1. The summed E-state index contributed by atoms with van der Waals surface area (Å²) >= 11 is 0. The van der Waals surface area contributed by atoms with Crippen molar-refractivity contribution in [2.75, 3.05) is 6.54 Å². The van der Waals surface area contributed by atoms with Crippen LogP contribution in [0.2, 0.25) is 0 Å². The Balaban J connectivity index is 2.69. The number of rotatable bonds is 4. The van der Waals surface area contributed by atoms with Crippen molar-refractivity contribution < 1.29 is 4.79 Å². The number of hydrogen-bond donors (Lipinski definition) is 1. The molecule has 1 aromatic carbocycles. The van der Waals surface area contributed by atoms with E-state index in [9.17, 15) is 4.79 Å². The van der Waals surface area contributed by atoms with Crippen molar-refractivity contribution in [3.8, 4) is 12.3 Å². The summed E-state index contributed by atoms with van der Waals surface area (Å²) in [4.78, 5) is 11.7. The maximum atomic E-state index is 11.7. The molecule has 0 spiro atoms. The molecule has 0 radical (unpaired) electrons. The first kappa shape index (κ1) is 11.3. The predicted molar refractivity (Wildman–Crippen MR) is 61.6 cm³/mol. The molecule has 2 nitrogen and oxygen atoms in total. The van der Waals surface area contributed by atoms with Crippen LogP contribution in [0, 0.1) is 12.3 Å². The number of carbonyl (C=O) groups is 1. The molecule has 0 heterocycles. The van der Waals surface area contributed by atoms with Crippen molar-refractivity contribution >= 4 is 5.91 Å². The second kappa shape index (κ2) is 5.87. The zero-order valence-electron chi connectivity index (χ0n) is 8.92. The number of carbonyl (C=O) groups excluding carboxylic acids is 1. The number of aryl methyl sites for hydroxylation is 1. The SMILES string of the molecule is C#CCCNC(=O)c1ccccc1CC. The van der Waals surface area contributed by atoms with E-state index in [2.05, 4.69) is 11.2 Å². The molecule has 0 aliphatic carbocycles. The Morgan fingerprint density at radius 1 is 1.47 bits per heavy atom. The molecule has 1 N–H and O–H groups in total. The zero-order valence-corrected chi connectivity index (χ0v) is 8.92. The number of benzene rings is 1. The largest absolute Gasteiger partial charge is 0.351 e. The molecule has 2 heteroatoms. The molecule has 0 atom stereocenters. The van der Waals surface area contributed by atoms with E-state index >= 15 is 0 Å². The second-order valence-electron chi connectivity index (χ2n) is 3.22. The molecule has 0 bridgehead atoms. The van der Waals surface area contributed by atoms with Crippen LogP contribution in [0.15, 0.2) is 24.3 Å². The summed E-state index contributed by atoms with van der Waals surface area (Å²) in [6.45, 7) is 2.57. The van der Waals surface area contributed by atoms with Gasteiger partial charge < -0.3 is 5.32 Å². The van der Waals surface area contributed by atoms with Crippen LogP contribution in [0.1, 0.15) is 29.3 Å². The minimum absolute atomic E-state index is 0.0392. The fourth-order valence-electron chi connectivity index (χ4n) is 1.39. The Bertz CT molecular complexity index is 376. The lowest BCUT2D eigenvalue weighted by atomic mass is 10.0. The monoisotopic (exact) mass is 201 g/mol. The van der Waals surface area contributed by atoms with Crippen molar-refractivity contribution in [3.63, 3.8) is 0 Å². The first-order valence-electron chi connectivity index (χ1n) is 5.09. The third-order valence-electron chi connectivity index (χ3n) is 2.20. The van der Waals surface area contributed by atoms with Gasteiger partial charge in [0.1, 0.15) is 0 Å². The molecule has 0 aliphatic rings. The lowest BCUT2D eigenvalue weighted by Crippen LogP contribution is -2.25. The molecule has 0 fully saturated rings. The van der Waals surface area contributed by atoms with Crippen LogP contribution < -0.4 is 5.32 Å². The van der Waals surface area contributed by atoms with Gasteiger partial charge in [-0.2, -0.15) is 0 Å². The molecule has 78 valence electrons. The van der Waals surface area contributed by atoms with E-state index in [-0.39, 0.29) is 5.91 Å². The minimum atomic E-state index is -0.0392. The zero-order chi connectivity index (χ0) is 11.1. The number of hydrogen-bond acceptors (Lipinski definition) is 1. The predicted octanol–water partition coefficient (Wildman–Crippen LogP) is 2.00. The molecule has 0 saturated heterocycles. The maximum absolute atomic E-state index is 11.7. The van der Waals surface area contributed by atoms with E-state index in [0.29, 0.717) is 13.0 Å². The van der Waals surface area contributed by atoms with Crippen LogP contribution in [0.25, 0.3) is 0 Å². The van der Waals surface area contributed by atoms with E-state index in [1.165, 1.54) is 0 Å². The fourth-order valence-corrected chi connectivity index (χ4v) is 1.39. The Hall–Kier alpha value is -1.75. The smallest absolute Gasteiger partial charge is 0.251 e. The van der Waals surface area contributed by atoms with Gasteiger partial charge in [-0.05, 0) is 18.1 Å². The number of nitrogens with one attached hydrogen (secondary N) is 1. The first-order chi connectivity index (χ1) is 7.29. The van der Waals surface area contributed by atoms with Crippen LogP contribution >= 0.6 is 0 Å². The summed E-state index contributed by atoms with van der Waals surface area (Å²) in [6.07, 6.45) is 6.54. The summed E-state index contributed by atoms with van der Waals surface area (Å²) in [6, 6.07) is 7.62. The van der Waals surface area contributed by atoms with E-state index < -0.39 is 0 Å². The highest BCUT2D eigenvalue weighted by Crippen LogP contribution is 2.08. The topological polar surface area (TPSA) is 29.1 Å². The molecule has 0 aliphatic heterocycles. The fraction of sp³-hybridized carbons (Fsp3) is 0.308. The standard InChI is InChI=1S/C13H15NO/c1-3-5-10-14-13(15)12-9-7-6-8-11(12)4-2/h1,6-9H,4-5,10H2,2H3,(H,14,15). The second-order valence-corrected chi connectivity index (χ2v) is 3.22. The molecule has 1 aromatic rings. The average Bonchev–Trinajstić information content (AvgIpc) is 2.29. The molecule has 0 saturated carbocycles. The molecular weight excluding hydrogens is 186 g/mol. The van der Waals surface area contributed by atoms with E-state index in [1.54, 1.807) is 0 Å². The van der Waals surface area contributed by atoms with Gasteiger partial charge >= 0.3 is 0 Å². The van der Waals surface area contributed by atoms with Gasteiger partial charge in [0.15, 0.2) is 0 Å². The summed E-state index contributed by atoms with van der Waals surface area (Å²) in [5, 5.41) is 2.79. The normalized spacial score (nSPS) is 9.33. The van der Waals surface area contributed by atoms with Gasteiger partial charge in [0.2, 0.25) is 0 Å². The Labute approximate surface area is 90.7 Å². The average molecular weight is 201 g/mol. The van der Waals surface area contributed by atoms with Gasteiger partial charge in [-0.3, -0.25) is 4.79 Å². The van der Waals surface area contributed by atoms with Gasteiger partial charge in [0.05, 0.1) is 0 Å². The maximum Gasteiger partial charge on any atom is 0.251 e. The van der Waals surface area contributed by atoms with E-state index in [4.69, 9.17) is 6.42 Å². The van der Waals surface area contributed by atoms with Crippen LogP contribution in [0.3, 0.4) is 0 Å². The van der Waals surface area contributed by atoms with Gasteiger partial charge in [0.25, 0.3) is 5.91 Å². The number of terminal acetylenes is 1. The van der Waals surface area contributed by atoms with Crippen LogP contribution in [-0.4, -0.2) is 12.5 Å². The summed E-state index contributed by atoms with van der Waals surface area (Å²) < 4.78 is 0. The first-order valence-corrected chi connectivity index (χ1v) is 5.09. The van der Waals surface area contributed by atoms with Crippen molar-refractivity contribution in [1.29, 1.82) is 0 Å². The Morgan fingerprint density at radius 2 is 2.20 bits per heavy atom. The number of amides is 1. The summed E-state index contributed by atoms with van der Waals surface area (Å²) in [7, 11) is 0. The highest BCUT2D eigenvalue weighted by molar-refractivity contribution is 5.95. The van der Waals surface area contributed by atoms with Crippen molar-refractivity contribution in [1.82, 2.24) is 5.32 Å². The van der Waals surface area contributed by atoms with E-state index in [1.807, 2.05) is 31.2 Å². The quantitative estimate of drug-likeness (QED) is 0.586. The Morgan fingerprint density at radius 3 is 2.87 bits per heavy atom. The van der Waals surface area contributed by atoms with Crippen LogP contribution in [-0.2, 0) is 6.42 Å². The van der Waals surface area contributed by atoms with Crippen molar-refractivity contribution in [2.24, 2.45) is 0 Å². The van der Waals surface area contributed by atoms with Gasteiger partial charge in [-0.1, -0.05) is 25.1 Å². The molecule has 1 amide bonds. The summed E-state index contributed by atoms with van der Waals surface area (Å²) in [5.74, 6) is 2.45. The van der Waals surface area contributed by atoms with Crippen molar-refractivity contribution in [3.05, 3.63) is 35.4 Å². The van der Waals surface area contributed by atoms with Crippen LogP contribution in [0.5, 0.6) is 0 Å². The molecular formula is C13H15NO. The minimum Gasteiger partial charge on any atom is -0.351 e.